The molecule has 1 saturated carbocycles. The van der Waals surface area contributed by atoms with Gasteiger partial charge in [0.05, 0.1) is 7.11 Å². The van der Waals surface area contributed by atoms with Crippen LogP contribution in [-0.2, 0) is 28.6 Å². The summed E-state index contributed by atoms with van der Waals surface area (Å²) in [5, 5.41) is 2.77. The second-order valence-corrected chi connectivity index (χ2v) is 8.50. The lowest BCUT2D eigenvalue weighted by atomic mass is 10.1. The van der Waals surface area contributed by atoms with Gasteiger partial charge in [0.2, 0.25) is 5.91 Å². The topological polar surface area (TPSA) is 90.9 Å². The summed E-state index contributed by atoms with van der Waals surface area (Å²) >= 11 is 0. The smallest absolute Gasteiger partial charge is 0.332 e. The molecule has 0 bridgehead atoms. The van der Waals surface area contributed by atoms with Gasteiger partial charge in [-0.2, -0.15) is 0 Å². The molecule has 0 spiro atoms. The third-order valence-corrected chi connectivity index (χ3v) is 4.62. The summed E-state index contributed by atoms with van der Waals surface area (Å²) in [6.07, 6.45) is 3.42. The van der Waals surface area contributed by atoms with Crippen molar-refractivity contribution < 1.29 is 28.6 Å². The number of nitrogens with one attached hydrogen (secondary N) is 1. The molecule has 0 saturated heterocycles. The summed E-state index contributed by atoms with van der Waals surface area (Å²) in [5.41, 5.74) is -0.0623. The summed E-state index contributed by atoms with van der Waals surface area (Å²) in [6.45, 7) is 5.92. The van der Waals surface area contributed by atoms with Crippen molar-refractivity contribution in [1.29, 1.82) is 0 Å². The quantitative estimate of drug-likeness (QED) is 0.280. The minimum Gasteiger partial charge on any atom is -0.468 e. The predicted molar refractivity (Wildman–Crippen MR) is 116 cm³/mol. The maximum atomic E-state index is 12.3. The minimum atomic E-state index is -1.02. The molecule has 7 nitrogen and oxygen atoms in total. The average Bonchev–Trinajstić information content (AvgIpc) is 3.51. The van der Waals surface area contributed by atoms with Gasteiger partial charge in [-0.15, -0.1) is 0 Å². The Morgan fingerprint density at radius 2 is 1.77 bits per heavy atom. The summed E-state index contributed by atoms with van der Waals surface area (Å²) in [6, 6.07) is 7.17. The number of amides is 1. The molecule has 1 aromatic carbocycles. The van der Waals surface area contributed by atoms with Crippen LogP contribution in [0.1, 0.15) is 58.4 Å². The number of hydrogen-bond donors (Lipinski definition) is 1. The van der Waals surface area contributed by atoms with Gasteiger partial charge in [-0.3, -0.25) is 9.59 Å². The maximum absolute atomic E-state index is 12.3. The molecule has 2 rings (SSSR count). The van der Waals surface area contributed by atoms with Crippen molar-refractivity contribution in [3.63, 3.8) is 0 Å². The van der Waals surface area contributed by atoms with Gasteiger partial charge in [-0.25, -0.2) is 4.79 Å². The van der Waals surface area contributed by atoms with Crippen molar-refractivity contribution in [3.05, 3.63) is 29.8 Å². The summed E-state index contributed by atoms with van der Waals surface area (Å²) in [5.74, 6) is 5.01. The van der Waals surface area contributed by atoms with E-state index in [4.69, 9.17) is 14.2 Å². The third-order valence-electron chi connectivity index (χ3n) is 4.62. The van der Waals surface area contributed by atoms with Crippen molar-refractivity contribution >= 4 is 23.5 Å². The normalized spacial score (nSPS) is 14.1. The molecule has 0 atom stereocenters. The fourth-order valence-electron chi connectivity index (χ4n) is 2.84. The number of anilines is 1. The van der Waals surface area contributed by atoms with Crippen LogP contribution in [0.2, 0.25) is 0 Å². The number of carbonyl (C=O) groups is 3. The number of esters is 2. The lowest BCUT2D eigenvalue weighted by Gasteiger charge is -2.19. The third kappa shape index (κ3) is 8.06. The van der Waals surface area contributed by atoms with E-state index in [0.29, 0.717) is 25.1 Å². The molecule has 31 heavy (non-hydrogen) atoms. The van der Waals surface area contributed by atoms with E-state index in [1.807, 2.05) is 32.9 Å². The SMILES string of the molecule is COC(=O)C1(C(=O)Nc2ccc(C#CCCCCOCC(=O)OC(C)(C)C)cc2)CC1. The molecule has 1 amide bonds. The van der Waals surface area contributed by atoms with Gasteiger partial charge in [0.15, 0.2) is 0 Å². The van der Waals surface area contributed by atoms with E-state index in [1.54, 1.807) is 12.1 Å². The highest BCUT2D eigenvalue weighted by Crippen LogP contribution is 2.47. The highest BCUT2D eigenvalue weighted by Gasteiger charge is 2.57. The number of rotatable bonds is 9. The van der Waals surface area contributed by atoms with Crippen LogP contribution in [0.4, 0.5) is 5.69 Å². The Kier molecular flexibility index (Phi) is 8.64. The second-order valence-electron chi connectivity index (χ2n) is 8.50. The molecule has 0 heterocycles. The lowest BCUT2D eigenvalue weighted by molar-refractivity contribution is -0.160. The van der Waals surface area contributed by atoms with Crippen molar-refractivity contribution in [2.75, 3.05) is 25.6 Å². The van der Waals surface area contributed by atoms with Crippen LogP contribution in [0, 0.1) is 17.3 Å². The molecule has 1 aliphatic rings. The molecule has 0 radical (unpaired) electrons. The monoisotopic (exact) mass is 429 g/mol. The molecular formula is C24H31NO6. The highest BCUT2D eigenvalue weighted by atomic mass is 16.6. The van der Waals surface area contributed by atoms with Gasteiger partial charge in [0.25, 0.3) is 0 Å². The van der Waals surface area contributed by atoms with Crippen LogP contribution in [0.3, 0.4) is 0 Å². The first-order chi connectivity index (χ1) is 14.7. The Morgan fingerprint density at radius 1 is 1.10 bits per heavy atom. The standard InChI is InChI=1S/C24H31NO6/c1-23(2,3)31-20(26)17-30-16-8-6-5-7-9-18-10-12-19(13-11-18)25-21(27)24(14-15-24)22(28)29-4/h10-13H,5-6,8,14-17H2,1-4H3,(H,25,27). The van der Waals surface area contributed by atoms with Gasteiger partial charge >= 0.3 is 11.9 Å². The van der Waals surface area contributed by atoms with E-state index < -0.39 is 17.0 Å². The maximum Gasteiger partial charge on any atom is 0.332 e. The molecule has 1 N–H and O–H groups in total. The molecule has 168 valence electrons. The second kappa shape index (κ2) is 11.0. The van der Waals surface area contributed by atoms with Crippen molar-refractivity contribution in [3.8, 4) is 11.8 Å². The lowest BCUT2D eigenvalue weighted by Crippen LogP contribution is -2.32. The molecule has 1 aliphatic carbocycles. The van der Waals surface area contributed by atoms with Gasteiger partial charge in [0.1, 0.15) is 17.6 Å². The number of hydrogen-bond acceptors (Lipinski definition) is 6. The number of methoxy groups -OCH3 is 1. The van der Waals surface area contributed by atoms with Gasteiger partial charge in [-0.05, 0) is 70.7 Å². The predicted octanol–water partition coefficient (Wildman–Crippen LogP) is 3.46. The average molecular weight is 430 g/mol. The number of ether oxygens (including phenoxy) is 3. The zero-order chi connectivity index (χ0) is 22.9. The molecule has 1 aromatic rings. The van der Waals surface area contributed by atoms with E-state index >= 15 is 0 Å². The Balaban J connectivity index is 1.65. The van der Waals surface area contributed by atoms with E-state index in [2.05, 4.69) is 17.2 Å². The van der Waals surface area contributed by atoms with Gasteiger partial charge in [-0.1, -0.05) is 11.8 Å². The first-order valence-electron chi connectivity index (χ1n) is 10.4. The molecule has 7 heteroatoms. The van der Waals surface area contributed by atoms with Crippen molar-refractivity contribution in [2.45, 2.75) is 58.5 Å². The number of unbranched alkanes of at least 4 members (excludes halogenated alkanes) is 2. The molecule has 0 unspecified atom stereocenters. The highest BCUT2D eigenvalue weighted by molar-refractivity contribution is 6.11. The van der Waals surface area contributed by atoms with Crippen LogP contribution in [0.25, 0.3) is 0 Å². The van der Waals surface area contributed by atoms with Crippen molar-refractivity contribution in [2.24, 2.45) is 5.41 Å². The molecule has 0 aliphatic heterocycles. The van der Waals surface area contributed by atoms with E-state index in [1.165, 1.54) is 7.11 Å². The first kappa shape index (κ1) is 24.4. The van der Waals surface area contributed by atoms with Crippen LogP contribution in [0.5, 0.6) is 0 Å². The fourth-order valence-corrected chi connectivity index (χ4v) is 2.84. The largest absolute Gasteiger partial charge is 0.468 e. The zero-order valence-electron chi connectivity index (χ0n) is 18.7. The van der Waals surface area contributed by atoms with E-state index in [0.717, 1.165) is 24.8 Å². The Bertz CT molecular complexity index is 838. The van der Waals surface area contributed by atoms with Crippen LogP contribution < -0.4 is 5.32 Å². The minimum absolute atomic E-state index is 0.0351. The van der Waals surface area contributed by atoms with Crippen LogP contribution >= 0.6 is 0 Å². The fraction of sp³-hybridized carbons (Fsp3) is 0.542. The van der Waals surface area contributed by atoms with Gasteiger partial charge < -0.3 is 19.5 Å². The summed E-state index contributed by atoms with van der Waals surface area (Å²) < 4.78 is 15.2. The molecule has 1 fully saturated rings. The van der Waals surface area contributed by atoms with Crippen LogP contribution in [-0.4, -0.2) is 43.8 Å². The van der Waals surface area contributed by atoms with E-state index in [-0.39, 0.29) is 18.5 Å². The van der Waals surface area contributed by atoms with Gasteiger partial charge in [0, 0.05) is 24.3 Å². The Labute approximate surface area is 183 Å². The first-order valence-corrected chi connectivity index (χ1v) is 10.4. The summed E-state index contributed by atoms with van der Waals surface area (Å²) in [7, 11) is 1.29. The van der Waals surface area contributed by atoms with Crippen LogP contribution in [0.15, 0.2) is 24.3 Å². The molecule has 0 aromatic heterocycles. The zero-order valence-corrected chi connectivity index (χ0v) is 18.7. The van der Waals surface area contributed by atoms with E-state index in [9.17, 15) is 14.4 Å². The number of benzene rings is 1. The summed E-state index contributed by atoms with van der Waals surface area (Å²) in [4.78, 5) is 35.6. The Hall–Kier alpha value is -2.85. The Morgan fingerprint density at radius 3 is 2.35 bits per heavy atom. The van der Waals surface area contributed by atoms with Crippen molar-refractivity contribution in [1.82, 2.24) is 0 Å². The molecular weight excluding hydrogens is 398 g/mol. The number of carbonyl (C=O) groups excluding carboxylic acids is 3.